The van der Waals surface area contributed by atoms with Crippen molar-refractivity contribution in [2.75, 3.05) is 4.90 Å². The van der Waals surface area contributed by atoms with Gasteiger partial charge in [0.25, 0.3) is 11.6 Å². The van der Waals surface area contributed by atoms with Gasteiger partial charge in [0.2, 0.25) is 0 Å². The van der Waals surface area contributed by atoms with Crippen molar-refractivity contribution in [2.24, 2.45) is 0 Å². The summed E-state index contributed by atoms with van der Waals surface area (Å²) in [6.07, 6.45) is 0. The van der Waals surface area contributed by atoms with E-state index in [2.05, 4.69) is 0 Å². The first-order chi connectivity index (χ1) is 14.1. The molecule has 0 heterocycles. The van der Waals surface area contributed by atoms with Gasteiger partial charge in [0.1, 0.15) is 17.2 Å². The van der Waals surface area contributed by atoms with Gasteiger partial charge in [0, 0.05) is 28.8 Å². The van der Waals surface area contributed by atoms with E-state index >= 15 is 0 Å². The van der Waals surface area contributed by atoms with Crippen LogP contribution in [0.1, 0.15) is 21.5 Å². The predicted octanol–water partition coefficient (Wildman–Crippen LogP) is 5.91. The summed E-state index contributed by atoms with van der Waals surface area (Å²) in [6, 6.07) is 10.8. The number of aryl methyl sites for hydroxylation is 2. The number of rotatable bonds is 4. The number of phenolic OH excluding ortho intramolecular Hbond substituents is 2. The number of aromatic hydroxyl groups is 2. The second-order valence-electron chi connectivity index (χ2n) is 6.63. The fourth-order valence-electron chi connectivity index (χ4n) is 3.04. The SMILES string of the molecule is Cc1cc(N(C(=O)c2ccc([N+](=O)[O-])cc2)c2c(O)cc(Cl)cc2Cl)cc(C)c1O. The molecular weight excluding hydrogens is 431 g/mol. The zero-order chi connectivity index (χ0) is 22.2. The molecule has 0 atom stereocenters. The number of halogens is 2. The molecule has 0 aliphatic rings. The van der Waals surface area contributed by atoms with Crippen molar-refractivity contribution in [3.05, 3.63) is 85.4 Å². The molecule has 0 fully saturated rings. The first-order valence-corrected chi connectivity index (χ1v) is 9.43. The number of carbonyl (C=O) groups excluding carboxylic acids is 1. The van der Waals surface area contributed by atoms with Crippen LogP contribution in [0.15, 0.2) is 48.5 Å². The number of carbonyl (C=O) groups is 1. The lowest BCUT2D eigenvalue weighted by Crippen LogP contribution is -2.26. The van der Waals surface area contributed by atoms with E-state index in [0.717, 1.165) is 0 Å². The standard InChI is InChI=1S/C21H16Cl2N2O5/c1-11-7-16(8-12(2)20(11)27)24(19-17(23)9-14(22)10-18(19)26)21(28)13-3-5-15(6-4-13)25(29)30/h3-10,26-27H,1-2H3. The third kappa shape index (κ3) is 4.03. The second kappa shape index (κ2) is 8.22. The summed E-state index contributed by atoms with van der Waals surface area (Å²) in [5.41, 5.74) is 1.32. The summed E-state index contributed by atoms with van der Waals surface area (Å²) < 4.78 is 0. The van der Waals surface area contributed by atoms with Gasteiger partial charge in [-0.2, -0.15) is 0 Å². The summed E-state index contributed by atoms with van der Waals surface area (Å²) >= 11 is 12.3. The lowest BCUT2D eigenvalue weighted by molar-refractivity contribution is -0.384. The van der Waals surface area contributed by atoms with Crippen molar-refractivity contribution in [2.45, 2.75) is 13.8 Å². The van der Waals surface area contributed by atoms with E-state index in [4.69, 9.17) is 23.2 Å². The summed E-state index contributed by atoms with van der Waals surface area (Å²) in [5, 5.41) is 31.7. The minimum absolute atomic E-state index is 0.00564. The second-order valence-corrected chi connectivity index (χ2v) is 7.47. The van der Waals surface area contributed by atoms with Crippen molar-refractivity contribution >= 4 is 46.2 Å². The van der Waals surface area contributed by atoms with Gasteiger partial charge in [-0.05, 0) is 55.3 Å². The Morgan fingerprint density at radius 3 is 2.07 bits per heavy atom. The van der Waals surface area contributed by atoms with E-state index in [1.165, 1.54) is 41.3 Å². The number of nitro benzene ring substituents is 1. The number of benzene rings is 3. The van der Waals surface area contributed by atoms with Crippen LogP contribution in [0.4, 0.5) is 17.1 Å². The van der Waals surface area contributed by atoms with Crippen molar-refractivity contribution in [1.82, 2.24) is 0 Å². The number of nitro groups is 1. The highest BCUT2D eigenvalue weighted by Crippen LogP contribution is 2.43. The fourth-order valence-corrected chi connectivity index (χ4v) is 3.61. The number of hydrogen-bond acceptors (Lipinski definition) is 5. The largest absolute Gasteiger partial charge is 0.507 e. The molecule has 0 radical (unpaired) electrons. The van der Waals surface area contributed by atoms with Gasteiger partial charge < -0.3 is 10.2 Å². The highest BCUT2D eigenvalue weighted by Gasteiger charge is 2.27. The van der Waals surface area contributed by atoms with E-state index in [9.17, 15) is 25.1 Å². The predicted molar refractivity (Wildman–Crippen MR) is 115 cm³/mol. The van der Waals surface area contributed by atoms with Gasteiger partial charge in [-0.25, -0.2) is 0 Å². The van der Waals surface area contributed by atoms with Crippen LogP contribution in [0.5, 0.6) is 11.5 Å². The molecule has 2 N–H and O–H groups in total. The normalized spacial score (nSPS) is 10.7. The van der Waals surface area contributed by atoms with Crippen LogP contribution in [0.2, 0.25) is 10.0 Å². The minimum Gasteiger partial charge on any atom is -0.507 e. The molecule has 3 aromatic rings. The van der Waals surface area contributed by atoms with Crippen LogP contribution in [-0.4, -0.2) is 21.0 Å². The summed E-state index contributed by atoms with van der Waals surface area (Å²) in [7, 11) is 0. The molecule has 0 bridgehead atoms. The zero-order valence-corrected chi connectivity index (χ0v) is 17.4. The molecule has 154 valence electrons. The fraction of sp³-hybridized carbons (Fsp3) is 0.0952. The van der Waals surface area contributed by atoms with Gasteiger partial charge in [-0.3, -0.25) is 19.8 Å². The topological polar surface area (TPSA) is 104 Å². The Morgan fingerprint density at radius 1 is 1.00 bits per heavy atom. The Kier molecular flexibility index (Phi) is 5.87. The van der Waals surface area contributed by atoms with Crippen LogP contribution < -0.4 is 4.90 Å². The Hall–Kier alpha value is -3.29. The van der Waals surface area contributed by atoms with E-state index in [1.807, 2.05) is 0 Å². The number of amides is 1. The highest BCUT2D eigenvalue weighted by atomic mass is 35.5. The molecule has 3 aromatic carbocycles. The van der Waals surface area contributed by atoms with E-state index in [0.29, 0.717) is 16.8 Å². The lowest BCUT2D eigenvalue weighted by atomic mass is 10.1. The smallest absolute Gasteiger partial charge is 0.269 e. The van der Waals surface area contributed by atoms with Crippen molar-refractivity contribution in [3.63, 3.8) is 0 Å². The molecule has 7 nitrogen and oxygen atoms in total. The summed E-state index contributed by atoms with van der Waals surface area (Å²) in [4.78, 5) is 24.9. The molecule has 1 amide bonds. The van der Waals surface area contributed by atoms with Crippen LogP contribution in [0.3, 0.4) is 0 Å². The van der Waals surface area contributed by atoms with Gasteiger partial charge in [-0.1, -0.05) is 23.2 Å². The summed E-state index contributed by atoms with van der Waals surface area (Å²) in [6.45, 7) is 3.34. The number of non-ortho nitro benzene ring substituents is 1. The van der Waals surface area contributed by atoms with Gasteiger partial charge in [0.15, 0.2) is 0 Å². The van der Waals surface area contributed by atoms with E-state index in [-0.39, 0.29) is 38.5 Å². The van der Waals surface area contributed by atoms with Gasteiger partial charge in [-0.15, -0.1) is 0 Å². The lowest BCUT2D eigenvalue weighted by Gasteiger charge is -2.26. The molecule has 0 spiro atoms. The first kappa shape index (κ1) is 21.4. The average Bonchev–Trinajstić information content (AvgIpc) is 2.68. The van der Waals surface area contributed by atoms with Crippen LogP contribution >= 0.6 is 23.2 Å². The van der Waals surface area contributed by atoms with Crippen LogP contribution in [0.25, 0.3) is 0 Å². The number of phenols is 2. The maximum absolute atomic E-state index is 13.4. The van der Waals surface area contributed by atoms with Crippen LogP contribution in [0, 0.1) is 24.0 Å². The quantitative estimate of drug-likeness (QED) is 0.382. The molecule has 9 heteroatoms. The van der Waals surface area contributed by atoms with Crippen LogP contribution in [-0.2, 0) is 0 Å². The van der Waals surface area contributed by atoms with Gasteiger partial charge >= 0.3 is 0 Å². The molecular formula is C21H16Cl2N2O5. The van der Waals surface area contributed by atoms with E-state index in [1.54, 1.807) is 26.0 Å². The Labute approximate surface area is 181 Å². The molecule has 0 aromatic heterocycles. The molecule has 3 rings (SSSR count). The van der Waals surface area contributed by atoms with Crippen molar-refractivity contribution in [3.8, 4) is 11.5 Å². The Morgan fingerprint density at radius 2 is 1.57 bits per heavy atom. The molecule has 0 saturated carbocycles. The maximum atomic E-state index is 13.4. The Bertz CT molecular complexity index is 1120. The Balaban J connectivity index is 2.22. The van der Waals surface area contributed by atoms with Gasteiger partial charge in [0.05, 0.1) is 15.6 Å². The zero-order valence-electron chi connectivity index (χ0n) is 15.9. The monoisotopic (exact) mass is 446 g/mol. The molecule has 0 unspecified atom stereocenters. The minimum atomic E-state index is -0.589. The number of nitrogens with zero attached hydrogens (tertiary/aromatic N) is 2. The maximum Gasteiger partial charge on any atom is 0.269 e. The third-order valence-corrected chi connectivity index (χ3v) is 5.00. The number of hydrogen-bond donors (Lipinski definition) is 2. The van der Waals surface area contributed by atoms with Crippen molar-refractivity contribution in [1.29, 1.82) is 0 Å². The molecule has 30 heavy (non-hydrogen) atoms. The highest BCUT2D eigenvalue weighted by molar-refractivity contribution is 6.37. The number of anilines is 2. The average molecular weight is 447 g/mol. The molecule has 0 saturated heterocycles. The summed E-state index contributed by atoms with van der Waals surface area (Å²) in [5.74, 6) is -0.840. The molecule has 0 aliphatic heterocycles. The van der Waals surface area contributed by atoms with E-state index < -0.39 is 10.8 Å². The third-order valence-electron chi connectivity index (χ3n) is 4.49. The first-order valence-electron chi connectivity index (χ1n) is 8.67. The molecule has 0 aliphatic carbocycles. The van der Waals surface area contributed by atoms with Crippen molar-refractivity contribution < 1.29 is 19.9 Å².